The van der Waals surface area contributed by atoms with E-state index >= 15 is 0 Å². The maximum atomic E-state index is 3.75. The Morgan fingerprint density at radius 2 is 0.825 bits per heavy atom. The molecule has 0 aliphatic heterocycles. The number of H-pyrrole nitrogens is 2. The fraction of sp³-hybridized carbons (Fsp3) is 0.0556. The highest BCUT2D eigenvalue weighted by molar-refractivity contribution is 6.14. The molecule has 190 valence electrons. The number of hydrogen-bond donors (Lipinski definition) is 0. The van der Waals surface area contributed by atoms with Crippen LogP contribution in [0.2, 0.25) is 0 Å². The molecule has 2 heterocycles. The summed E-state index contributed by atoms with van der Waals surface area (Å²) in [6.07, 6.45) is 0. The fourth-order valence-corrected chi connectivity index (χ4v) is 6.38. The molecule has 6 aromatic carbocycles. The first-order chi connectivity index (χ1) is 19.7. The minimum absolute atomic E-state index is 1.09. The second-order valence-electron chi connectivity index (χ2n) is 10.5. The number of benzene rings is 6. The van der Waals surface area contributed by atoms with Crippen LogP contribution in [0.1, 0.15) is 0 Å². The average Bonchev–Trinajstić information content (AvgIpc) is 3.52. The molecule has 0 amide bonds. The maximum Gasteiger partial charge on any atom is 0.288 e. The van der Waals surface area contributed by atoms with Crippen molar-refractivity contribution in [3.8, 4) is 33.9 Å². The summed E-state index contributed by atoms with van der Waals surface area (Å²) in [5.74, 6) is 2.17. The molecule has 0 bridgehead atoms. The molecule has 0 spiro atoms. The lowest BCUT2D eigenvalue weighted by Crippen LogP contribution is -2.09. The van der Waals surface area contributed by atoms with E-state index in [0.29, 0.717) is 0 Å². The van der Waals surface area contributed by atoms with Gasteiger partial charge in [0.2, 0.25) is 0 Å². The number of aryl methyl sites for hydroxylation is 2. The standard InChI is InChI=1S/C36H26N4/c1-39-31-17-9-7-15-29(31)37-35(39)27-21-19-23-11-3-5-13-25(23)33(27)34-26-14-6-4-12-24(26)20-22-28(34)36-38-30-16-8-10-18-32(30)40(36)2/h3-22H,1-2H3/p+2. The lowest BCUT2D eigenvalue weighted by atomic mass is 9.86. The Morgan fingerprint density at radius 3 is 1.27 bits per heavy atom. The zero-order chi connectivity index (χ0) is 26.8. The Kier molecular flexibility index (Phi) is 4.92. The van der Waals surface area contributed by atoms with Crippen molar-refractivity contribution in [2.45, 2.75) is 0 Å². The van der Waals surface area contributed by atoms with Gasteiger partial charge in [0.25, 0.3) is 11.6 Å². The summed E-state index contributed by atoms with van der Waals surface area (Å²) in [7, 11) is 4.30. The highest BCUT2D eigenvalue weighted by Crippen LogP contribution is 2.45. The zero-order valence-corrected chi connectivity index (χ0v) is 22.4. The van der Waals surface area contributed by atoms with Gasteiger partial charge in [0, 0.05) is 11.1 Å². The molecular formula is C36H28N4+2. The number of para-hydroxylation sites is 4. The van der Waals surface area contributed by atoms with E-state index in [1.54, 1.807) is 0 Å². The van der Waals surface area contributed by atoms with Crippen molar-refractivity contribution in [3.05, 3.63) is 121 Å². The molecule has 0 aliphatic rings. The van der Waals surface area contributed by atoms with E-state index in [9.17, 15) is 0 Å². The summed E-state index contributed by atoms with van der Waals surface area (Å²) in [6.45, 7) is 0. The summed E-state index contributed by atoms with van der Waals surface area (Å²) >= 11 is 0. The van der Waals surface area contributed by atoms with Crippen molar-refractivity contribution in [2.75, 3.05) is 0 Å². The normalized spacial score (nSPS) is 11.8. The van der Waals surface area contributed by atoms with Crippen LogP contribution in [0.3, 0.4) is 0 Å². The number of aromatic amines is 2. The van der Waals surface area contributed by atoms with Gasteiger partial charge in [-0.1, -0.05) is 84.9 Å². The summed E-state index contributed by atoms with van der Waals surface area (Å²) in [5, 5.41) is 4.91. The molecule has 0 fully saturated rings. The predicted octanol–water partition coefficient (Wildman–Crippen LogP) is 7.61. The number of imidazole rings is 2. The third kappa shape index (κ3) is 3.26. The third-order valence-electron chi connectivity index (χ3n) is 8.33. The van der Waals surface area contributed by atoms with Crippen LogP contribution in [0.15, 0.2) is 121 Å². The van der Waals surface area contributed by atoms with Gasteiger partial charge in [-0.25, -0.2) is 19.1 Å². The van der Waals surface area contributed by atoms with Crippen LogP contribution >= 0.6 is 0 Å². The lowest BCUT2D eigenvalue weighted by Gasteiger charge is -2.16. The van der Waals surface area contributed by atoms with E-state index in [0.717, 1.165) is 22.7 Å². The van der Waals surface area contributed by atoms with Crippen LogP contribution in [0.4, 0.5) is 0 Å². The molecule has 2 N–H and O–H groups in total. The summed E-state index contributed by atoms with van der Waals surface area (Å²) in [4.78, 5) is 7.49. The van der Waals surface area contributed by atoms with Crippen molar-refractivity contribution in [1.82, 2.24) is 9.13 Å². The van der Waals surface area contributed by atoms with E-state index in [1.807, 2.05) is 0 Å². The summed E-state index contributed by atoms with van der Waals surface area (Å²) in [5.41, 5.74) is 9.41. The van der Waals surface area contributed by atoms with Gasteiger partial charge in [0.05, 0.1) is 25.2 Å². The monoisotopic (exact) mass is 516 g/mol. The lowest BCUT2D eigenvalue weighted by molar-refractivity contribution is -0.332. The Morgan fingerprint density at radius 1 is 0.425 bits per heavy atom. The number of hydrogen-bond acceptors (Lipinski definition) is 0. The van der Waals surface area contributed by atoms with Crippen LogP contribution in [-0.2, 0) is 14.1 Å². The Balaban J connectivity index is 1.56. The van der Waals surface area contributed by atoms with Gasteiger partial charge in [0.15, 0.2) is 22.1 Å². The number of rotatable bonds is 3. The molecule has 4 heteroatoms. The van der Waals surface area contributed by atoms with Crippen molar-refractivity contribution < 1.29 is 9.97 Å². The second kappa shape index (κ2) is 8.65. The molecule has 0 unspecified atom stereocenters. The first-order valence-corrected chi connectivity index (χ1v) is 13.7. The molecular weight excluding hydrogens is 488 g/mol. The van der Waals surface area contributed by atoms with Crippen LogP contribution < -0.4 is 9.97 Å². The molecule has 2 aromatic heterocycles. The number of aromatic nitrogens is 4. The van der Waals surface area contributed by atoms with Gasteiger partial charge < -0.3 is 0 Å². The maximum absolute atomic E-state index is 3.75. The predicted molar refractivity (Wildman–Crippen MR) is 164 cm³/mol. The molecule has 0 atom stereocenters. The van der Waals surface area contributed by atoms with Gasteiger partial charge in [-0.05, 0) is 57.9 Å². The highest BCUT2D eigenvalue weighted by Gasteiger charge is 2.28. The Bertz CT molecular complexity index is 2090. The Labute approximate surface area is 231 Å². The van der Waals surface area contributed by atoms with Gasteiger partial charge >= 0.3 is 0 Å². The molecule has 0 saturated heterocycles. The second-order valence-corrected chi connectivity index (χ2v) is 10.5. The van der Waals surface area contributed by atoms with Gasteiger partial charge in [-0.3, -0.25) is 0 Å². The number of fused-ring (bicyclic) bond motifs is 4. The van der Waals surface area contributed by atoms with Crippen molar-refractivity contribution >= 4 is 43.6 Å². The number of nitrogens with zero attached hydrogens (tertiary/aromatic N) is 2. The fourth-order valence-electron chi connectivity index (χ4n) is 6.38. The van der Waals surface area contributed by atoms with Gasteiger partial charge in [-0.15, -0.1) is 0 Å². The molecule has 40 heavy (non-hydrogen) atoms. The van der Waals surface area contributed by atoms with Crippen molar-refractivity contribution in [3.63, 3.8) is 0 Å². The van der Waals surface area contributed by atoms with Crippen molar-refractivity contribution in [1.29, 1.82) is 0 Å². The first kappa shape index (κ1) is 22.7. The topological polar surface area (TPSA) is 38.1 Å². The van der Waals surface area contributed by atoms with Crippen LogP contribution in [0, 0.1) is 0 Å². The molecule has 0 aliphatic carbocycles. The SMILES string of the molecule is Cn1c(-c2ccc3ccccc3c2-c2c(-c3[nH+]c4ccccc4n3C)ccc3ccccc23)[nH+]c2ccccc21. The molecule has 4 nitrogen and oxygen atoms in total. The molecule has 8 rings (SSSR count). The van der Waals surface area contributed by atoms with Crippen molar-refractivity contribution in [2.24, 2.45) is 14.1 Å². The Hall–Kier alpha value is -5.22. The smallest absolute Gasteiger partial charge is 0.236 e. The minimum atomic E-state index is 1.09. The van der Waals surface area contributed by atoms with E-state index < -0.39 is 0 Å². The number of nitrogens with one attached hydrogen (secondary N) is 2. The van der Waals surface area contributed by atoms with Crippen LogP contribution in [0.25, 0.3) is 77.5 Å². The summed E-state index contributed by atoms with van der Waals surface area (Å²) < 4.78 is 4.55. The van der Waals surface area contributed by atoms with E-state index in [-0.39, 0.29) is 0 Å². The molecule has 8 aromatic rings. The first-order valence-electron chi connectivity index (χ1n) is 13.7. The van der Waals surface area contributed by atoms with Crippen LogP contribution in [0.5, 0.6) is 0 Å². The summed E-state index contributed by atoms with van der Waals surface area (Å²) in [6, 6.07) is 43.5. The highest BCUT2D eigenvalue weighted by atomic mass is 15.1. The molecule has 0 radical (unpaired) electrons. The van der Waals surface area contributed by atoms with Gasteiger partial charge in [0.1, 0.15) is 0 Å². The van der Waals surface area contributed by atoms with Gasteiger partial charge in [-0.2, -0.15) is 0 Å². The zero-order valence-electron chi connectivity index (χ0n) is 22.4. The molecule has 0 saturated carbocycles. The van der Waals surface area contributed by atoms with E-state index in [1.165, 1.54) is 54.8 Å². The van der Waals surface area contributed by atoms with E-state index in [4.69, 9.17) is 0 Å². The van der Waals surface area contributed by atoms with E-state index in [2.05, 4.69) is 155 Å². The largest absolute Gasteiger partial charge is 0.288 e. The van der Waals surface area contributed by atoms with Crippen LogP contribution in [-0.4, -0.2) is 9.13 Å². The quantitative estimate of drug-likeness (QED) is 0.232. The average molecular weight is 517 g/mol. The third-order valence-corrected chi connectivity index (χ3v) is 8.33. The minimum Gasteiger partial charge on any atom is -0.236 e.